The first-order valence-corrected chi connectivity index (χ1v) is 18.5. The van der Waals surface area contributed by atoms with Crippen molar-refractivity contribution in [2.75, 3.05) is 13.2 Å². The summed E-state index contributed by atoms with van der Waals surface area (Å²) in [4.78, 5) is 0. The Morgan fingerprint density at radius 2 is 0.933 bits per heavy atom. The third-order valence-electron chi connectivity index (χ3n) is 5.93. The smallest absolute Gasteiger partial charge is 0.353 e. The summed E-state index contributed by atoms with van der Waals surface area (Å²) >= 11 is 3.72. The fourth-order valence-corrected chi connectivity index (χ4v) is 5.61. The number of ether oxygens (including phenoxy) is 2. The Kier molecular flexibility index (Phi) is 29.3. The van der Waals surface area contributed by atoms with Crippen molar-refractivity contribution >= 4 is 31.1 Å². The van der Waals surface area contributed by atoms with E-state index in [1.165, 1.54) is 127 Å². The molecule has 0 saturated heterocycles. The Labute approximate surface area is 206 Å². The molecule has 0 N–H and O–H groups in total. The molecule has 0 rings (SSSR count). The van der Waals surface area contributed by atoms with Gasteiger partial charge in [0.15, 0.2) is 6.29 Å². The van der Waals surface area contributed by atoms with E-state index in [1.54, 1.807) is 0 Å². The number of halogens is 1. The lowest BCUT2D eigenvalue weighted by atomic mass is 10.1. The molecule has 2 nitrogen and oxygen atoms in total. The van der Waals surface area contributed by atoms with Crippen molar-refractivity contribution in [3.05, 3.63) is 0 Å². The zero-order chi connectivity index (χ0) is 22.0. The summed E-state index contributed by atoms with van der Waals surface area (Å²) in [5.74, 6) is 0. The molecule has 0 unspecified atom stereocenters. The van der Waals surface area contributed by atoms with Crippen LogP contribution in [0.25, 0.3) is 0 Å². The molecule has 4 heteroatoms. The molecular formula is C26H53BrMgO2. The van der Waals surface area contributed by atoms with Crippen molar-refractivity contribution in [1.82, 2.24) is 0 Å². The summed E-state index contributed by atoms with van der Waals surface area (Å²) in [6, 6.07) is 0. The number of hydrogen-bond acceptors (Lipinski definition) is 2. The van der Waals surface area contributed by atoms with Crippen LogP contribution in [0.4, 0.5) is 0 Å². The van der Waals surface area contributed by atoms with Gasteiger partial charge in [0.2, 0.25) is 0 Å². The van der Waals surface area contributed by atoms with Gasteiger partial charge in [-0.3, -0.25) is 0 Å². The molecule has 0 saturated carbocycles. The van der Waals surface area contributed by atoms with E-state index in [0.717, 1.165) is 19.6 Å². The minimum Gasteiger partial charge on any atom is -0.353 e. The van der Waals surface area contributed by atoms with Gasteiger partial charge in [-0.2, -0.15) is 0 Å². The maximum atomic E-state index is 6.14. The largest absolute Gasteiger partial charge is 0.468 e. The maximum absolute atomic E-state index is 6.14. The highest BCUT2D eigenvalue weighted by Gasteiger charge is 2.09. The van der Waals surface area contributed by atoms with Crippen LogP contribution in [0.3, 0.4) is 0 Å². The fraction of sp³-hybridized carbons (Fsp3) is 1.00. The predicted molar refractivity (Wildman–Crippen MR) is 139 cm³/mol. The van der Waals surface area contributed by atoms with Gasteiger partial charge in [-0.25, -0.2) is 0 Å². The first-order chi connectivity index (χ1) is 14.8. The van der Waals surface area contributed by atoms with Crippen molar-refractivity contribution < 1.29 is 9.47 Å². The van der Waals surface area contributed by atoms with E-state index >= 15 is 0 Å². The monoisotopic (exact) mass is 500 g/mol. The molecule has 0 atom stereocenters. The van der Waals surface area contributed by atoms with E-state index in [9.17, 15) is 0 Å². The van der Waals surface area contributed by atoms with Gasteiger partial charge >= 0.3 is 18.2 Å². The Bertz CT molecular complexity index is 283. The molecule has 0 bridgehead atoms. The first kappa shape index (κ1) is 31.2. The van der Waals surface area contributed by atoms with Crippen LogP contribution in [0.15, 0.2) is 0 Å². The summed E-state index contributed by atoms with van der Waals surface area (Å²) < 4.78 is 13.7. The second-order valence-electron chi connectivity index (χ2n) is 9.01. The zero-order valence-corrected chi connectivity index (χ0v) is 23.7. The van der Waals surface area contributed by atoms with Gasteiger partial charge in [0.05, 0.1) is 0 Å². The fourth-order valence-electron chi connectivity index (χ4n) is 3.88. The van der Waals surface area contributed by atoms with Crippen molar-refractivity contribution in [3.8, 4) is 0 Å². The van der Waals surface area contributed by atoms with Gasteiger partial charge in [0.1, 0.15) is 0 Å². The number of unbranched alkanes of at least 4 members (excludes halogenated alkanes) is 16. The molecule has 0 aromatic rings. The molecule has 0 fully saturated rings. The Hall–Kier alpha value is 1.17. The highest BCUT2D eigenvalue weighted by atomic mass is 79.9. The first-order valence-electron chi connectivity index (χ1n) is 13.6. The molecule has 0 spiro atoms. The number of hydrogen-bond donors (Lipinski definition) is 0. The Morgan fingerprint density at radius 1 is 0.533 bits per heavy atom. The van der Waals surface area contributed by atoms with Crippen molar-refractivity contribution in [2.45, 2.75) is 153 Å². The van der Waals surface area contributed by atoms with Crippen LogP contribution < -0.4 is 0 Å². The number of rotatable bonds is 26. The Balaban J connectivity index is 3.75. The van der Waals surface area contributed by atoms with Gasteiger partial charge in [0.25, 0.3) is 0 Å². The van der Waals surface area contributed by atoms with E-state index < -0.39 is 0 Å². The predicted octanol–water partition coefficient (Wildman–Crippen LogP) is 9.62. The molecular weight excluding hydrogens is 448 g/mol. The van der Waals surface area contributed by atoms with Crippen molar-refractivity contribution in [3.63, 3.8) is 0 Å². The minimum atomic E-state index is 0.0420. The molecule has 0 radical (unpaired) electrons. The van der Waals surface area contributed by atoms with Gasteiger partial charge < -0.3 is 22.4 Å². The second-order valence-corrected chi connectivity index (χ2v) is 12.5. The average Bonchev–Trinajstić information content (AvgIpc) is 2.76. The lowest BCUT2D eigenvalue weighted by Crippen LogP contribution is -2.19. The van der Waals surface area contributed by atoms with Crippen LogP contribution in [0.1, 0.15) is 142 Å². The molecule has 0 aromatic carbocycles. The van der Waals surface area contributed by atoms with Crippen molar-refractivity contribution in [1.29, 1.82) is 0 Å². The molecule has 0 aliphatic carbocycles. The van der Waals surface area contributed by atoms with E-state index in [4.69, 9.17) is 9.47 Å². The average molecular weight is 502 g/mol. The normalized spacial score (nSPS) is 11.3. The minimum absolute atomic E-state index is 0.0420. The van der Waals surface area contributed by atoms with Crippen LogP contribution in [-0.4, -0.2) is 37.7 Å². The van der Waals surface area contributed by atoms with Gasteiger partial charge in [-0.15, -0.1) is 4.55 Å². The SMILES string of the molecule is CCCCCCCCCCOC(CCCC[CH2][Mg][Br])OCCCCCCCCCC. The molecule has 178 valence electrons. The molecule has 0 aromatic heterocycles. The highest BCUT2D eigenvalue weighted by molar-refractivity contribution is 9.23. The van der Waals surface area contributed by atoms with Crippen LogP contribution in [0, 0.1) is 0 Å². The Morgan fingerprint density at radius 3 is 1.37 bits per heavy atom. The van der Waals surface area contributed by atoms with E-state index in [0.29, 0.717) is 0 Å². The van der Waals surface area contributed by atoms with Gasteiger partial charge in [-0.1, -0.05) is 117 Å². The maximum Gasteiger partial charge on any atom is 0.468 e. The lowest BCUT2D eigenvalue weighted by molar-refractivity contribution is -0.148. The van der Waals surface area contributed by atoms with Crippen LogP contribution in [0.5, 0.6) is 0 Å². The van der Waals surface area contributed by atoms with E-state index in [2.05, 4.69) is 26.7 Å². The van der Waals surface area contributed by atoms with Crippen LogP contribution >= 0.6 is 12.9 Å². The highest BCUT2D eigenvalue weighted by Crippen LogP contribution is 2.14. The van der Waals surface area contributed by atoms with E-state index in [-0.39, 0.29) is 24.5 Å². The second kappa shape index (κ2) is 28.2. The summed E-state index contributed by atoms with van der Waals surface area (Å²) in [5, 5.41) is 0. The molecule has 0 aliphatic heterocycles. The lowest BCUT2D eigenvalue weighted by Gasteiger charge is -2.19. The third-order valence-corrected chi connectivity index (χ3v) is 8.38. The molecule has 0 heterocycles. The quantitative estimate of drug-likeness (QED) is 0.0667. The molecule has 0 amide bonds. The summed E-state index contributed by atoms with van der Waals surface area (Å²) in [6.45, 7) is 6.33. The summed E-state index contributed by atoms with van der Waals surface area (Å²) in [6.07, 6.45) is 26.8. The van der Waals surface area contributed by atoms with E-state index in [1.807, 2.05) is 0 Å². The standard InChI is InChI=1S/C26H53O2.BrH.Mg/c1-4-7-10-12-14-16-18-21-24-27-26(23-20-9-6-3)28-25-22-19-17-15-13-11-8-5-2;;/h26H,3-25H2,1-2H3;1H;/q;;+1/p-1. The van der Waals surface area contributed by atoms with Crippen LogP contribution in [-0.2, 0) is 9.47 Å². The summed E-state index contributed by atoms with van der Waals surface area (Å²) in [7, 11) is 0. The molecule has 0 aliphatic rings. The third kappa shape index (κ3) is 25.4. The molecule has 30 heavy (non-hydrogen) atoms. The van der Waals surface area contributed by atoms with Gasteiger partial charge in [0, 0.05) is 13.2 Å². The topological polar surface area (TPSA) is 18.5 Å². The summed E-state index contributed by atoms with van der Waals surface area (Å²) in [5.41, 5.74) is 0. The van der Waals surface area contributed by atoms with Gasteiger partial charge in [-0.05, 0) is 25.7 Å². The van der Waals surface area contributed by atoms with Crippen LogP contribution in [0.2, 0.25) is 4.55 Å². The van der Waals surface area contributed by atoms with Crippen molar-refractivity contribution in [2.24, 2.45) is 0 Å². The zero-order valence-electron chi connectivity index (χ0n) is 20.7.